The van der Waals surface area contributed by atoms with Crippen LogP contribution in [0, 0.1) is 0 Å². The van der Waals surface area contributed by atoms with E-state index in [1.807, 2.05) is 0 Å². The minimum Gasteiger partial charge on any atom is -0.394 e. The Labute approximate surface area is 286 Å². The van der Waals surface area contributed by atoms with Crippen molar-refractivity contribution >= 4 is 12.6 Å². The molecular weight excluding hydrogens is 648 g/mol. The number of hydrogen-bond acceptors (Lipinski definition) is 17. The van der Waals surface area contributed by atoms with Crippen LogP contribution < -0.4 is 0 Å². The Morgan fingerprint density at radius 1 is 0.277 bits per heavy atom. The van der Waals surface area contributed by atoms with Crippen molar-refractivity contribution in [3.63, 3.8) is 0 Å². The summed E-state index contributed by atoms with van der Waals surface area (Å²) in [6.45, 7) is 13.2. The van der Waals surface area contributed by atoms with E-state index in [1.165, 1.54) is 0 Å². The molecule has 0 saturated heterocycles. The Morgan fingerprint density at radius 3 is 0.574 bits per heavy atom. The van der Waals surface area contributed by atoms with Crippen molar-refractivity contribution in [2.24, 2.45) is 0 Å². The van der Waals surface area contributed by atoms with Gasteiger partial charge in [0.25, 0.3) is 0 Å². The second-order valence-electron chi connectivity index (χ2n) is 9.24. The summed E-state index contributed by atoms with van der Waals surface area (Å²) < 4.78 is 75.3. The van der Waals surface area contributed by atoms with Crippen molar-refractivity contribution in [2.45, 2.75) is 5.44 Å². The second kappa shape index (κ2) is 43.7. The van der Waals surface area contributed by atoms with E-state index in [0.717, 1.165) is 0 Å². The average molecular weight is 711 g/mol. The molecule has 0 heterocycles. The third-order valence-electron chi connectivity index (χ3n) is 5.34. The van der Waals surface area contributed by atoms with Gasteiger partial charge in [0.2, 0.25) is 0 Å². The summed E-state index contributed by atoms with van der Waals surface area (Å²) in [5, 5.41) is 17.5. The molecule has 0 aromatic carbocycles. The molecule has 0 bridgehead atoms. The third kappa shape index (κ3) is 45.7. The number of hydrogen-bond donors (Lipinski definition) is 3. The van der Waals surface area contributed by atoms with Crippen molar-refractivity contribution in [1.29, 1.82) is 0 Å². The largest absolute Gasteiger partial charge is 0.394 e. The van der Waals surface area contributed by atoms with Crippen LogP contribution in [0.1, 0.15) is 0 Å². The fraction of sp³-hybridized carbons (Fsp3) is 1.00. The van der Waals surface area contributed by atoms with Crippen LogP contribution in [0.15, 0.2) is 0 Å². The molecule has 0 aromatic rings. The third-order valence-corrected chi connectivity index (χ3v) is 5.49. The summed E-state index contributed by atoms with van der Waals surface area (Å²) >= 11 is 3.80. The first-order valence-electron chi connectivity index (χ1n) is 16.3. The maximum absolute atomic E-state index is 8.93. The smallest absolute Gasteiger partial charge is 0.120 e. The van der Waals surface area contributed by atoms with Gasteiger partial charge in [-0.2, -0.15) is 0 Å². The van der Waals surface area contributed by atoms with Crippen molar-refractivity contribution in [2.75, 3.05) is 192 Å². The van der Waals surface area contributed by atoms with Crippen molar-refractivity contribution < 1.29 is 76.5 Å². The molecule has 0 aliphatic carbocycles. The van der Waals surface area contributed by atoms with Crippen molar-refractivity contribution in [1.82, 2.24) is 0 Å². The Balaban J connectivity index is 3.04. The first kappa shape index (κ1) is 46.7. The summed E-state index contributed by atoms with van der Waals surface area (Å²) in [7, 11) is 0. The van der Waals surface area contributed by atoms with Crippen LogP contribution in [-0.2, 0) is 66.3 Å². The van der Waals surface area contributed by atoms with E-state index < -0.39 is 5.44 Å². The van der Waals surface area contributed by atoms with E-state index in [9.17, 15) is 0 Å². The molecule has 0 aliphatic heterocycles. The van der Waals surface area contributed by atoms with Crippen LogP contribution in [0.2, 0.25) is 0 Å². The molecule has 0 amide bonds. The molecule has 0 spiro atoms. The number of aliphatic hydroxyl groups is 2. The van der Waals surface area contributed by atoms with E-state index >= 15 is 0 Å². The predicted molar refractivity (Wildman–Crippen MR) is 174 cm³/mol. The van der Waals surface area contributed by atoms with Crippen LogP contribution in [0.4, 0.5) is 0 Å². The molecule has 284 valence electrons. The Hall–Kier alpha value is -0.290. The second-order valence-corrected chi connectivity index (χ2v) is 9.84. The van der Waals surface area contributed by atoms with Gasteiger partial charge in [-0.05, 0) is 0 Å². The topological polar surface area (TPSA) is 170 Å². The maximum Gasteiger partial charge on any atom is 0.120 e. The molecule has 1 atom stereocenters. The zero-order chi connectivity index (χ0) is 34.0. The molecule has 0 rings (SSSR count). The molecule has 0 saturated carbocycles. The van der Waals surface area contributed by atoms with Gasteiger partial charge in [-0.25, -0.2) is 0 Å². The SMILES string of the molecule is OCCOCCOCCOCCOCCOCCOCCOCCOCCOCCOCCOCCOCCOCCOCC(O)S. The van der Waals surface area contributed by atoms with E-state index in [1.54, 1.807) is 0 Å². The Bertz CT molecular complexity index is 556. The monoisotopic (exact) mass is 710 g/mol. The quantitative estimate of drug-likeness (QED) is 0.0419. The van der Waals surface area contributed by atoms with Crippen LogP contribution in [-0.4, -0.2) is 207 Å². The zero-order valence-electron chi connectivity index (χ0n) is 28.1. The molecule has 0 aromatic heterocycles. The normalized spacial score (nSPS) is 12.3. The molecule has 2 N–H and O–H groups in total. The van der Waals surface area contributed by atoms with E-state index in [4.69, 9.17) is 76.5 Å². The molecule has 1 unspecified atom stereocenters. The van der Waals surface area contributed by atoms with Crippen LogP contribution in [0.3, 0.4) is 0 Å². The van der Waals surface area contributed by atoms with Crippen LogP contribution in [0.5, 0.6) is 0 Å². The van der Waals surface area contributed by atoms with Gasteiger partial charge in [-0.15, -0.1) is 12.6 Å². The average Bonchev–Trinajstić information content (AvgIpc) is 3.07. The summed E-state index contributed by atoms with van der Waals surface area (Å²) in [4.78, 5) is 0. The summed E-state index contributed by atoms with van der Waals surface area (Å²) in [6.07, 6.45) is 0. The molecule has 0 radical (unpaired) electrons. The molecular formula is C30H62O16S. The lowest BCUT2D eigenvalue weighted by molar-refractivity contribution is -0.0300. The van der Waals surface area contributed by atoms with Gasteiger partial charge in [0.15, 0.2) is 0 Å². The highest BCUT2D eigenvalue weighted by Gasteiger charge is 1.98. The highest BCUT2D eigenvalue weighted by Crippen LogP contribution is 1.90. The predicted octanol–water partition coefficient (Wildman–Crippen LogP) is -0.541. The zero-order valence-corrected chi connectivity index (χ0v) is 29.0. The lowest BCUT2D eigenvalue weighted by Gasteiger charge is -2.09. The number of aliphatic hydroxyl groups excluding tert-OH is 2. The van der Waals surface area contributed by atoms with E-state index in [-0.39, 0.29) is 13.2 Å². The first-order chi connectivity index (χ1) is 23.3. The standard InChI is InChI=1S/C30H62O16S/c31-1-2-33-3-4-34-5-6-35-7-8-36-9-10-37-11-12-38-13-14-39-15-16-40-17-18-41-19-20-42-21-22-43-23-24-44-25-26-45-27-28-46-29-30(32)47/h30-32,47H,1-29H2. The highest BCUT2D eigenvalue weighted by atomic mass is 32.1. The van der Waals surface area contributed by atoms with Gasteiger partial charge < -0.3 is 76.5 Å². The maximum atomic E-state index is 8.93. The fourth-order valence-corrected chi connectivity index (χ4v) is 3.22. The van der Waals surface area contributed by atoms with Crippen molar-refractivity contribution in [3.05, 3.63) is 0 Å². The molecule has 16 nitrogen and oxygen atoms in total. The number of rotatable bonds is 43. The molecule has 17 heteroatoms. The lowest BCUT2D eigenvalue weighted by Crippen LogP contribution is -2.16. The Morgan fingerprint density at radius 2 is 0.426 bits per heavy atom. The van der Waals surface area contributed by atoms with Gasteiger partial charge in [0, 0.05) is 0 Å². The van der Waals surface area contributed by atoms with Crippen molar-refractivity contribution in [3.8, 4) is 0 Å². The van der Waals surface area contributed by atoms with Crippen LogP contribution >= 0.6 is 12.6 Å². The molecule has 0 fully saturated rings. The van der Waals surface area contributed by atoms with Gasteiger partial charge in [-0.1, -0.05) is 0 Å². The minimum absolute atomic E-state index is 0.0218. The van der Waals surface area contributed by atoms with Gasteiger partial charge in [-0.3, -0.25) is 0 Å². The molecule has 47 heavy (non-hydrogen) atoms. The highest BCUT2D eigenvalue weighted by molar-refractivity contribution is 7.80. The number of thiol groups is 1. The van der Waals surface area contributed by atoms with Crippen LogP contribution in [0.25, 0.3) is 0 Å². The molecule has 0 aliphatic rings. The summed E-state index contributed by atoms with van der Waals surface area (Å²) in [5.41, 5.74) is -0.762. The summed E-state index contributed by atoms with van der Waals surface area (Å²) in [5.74, 6) is 0. The van der Waals surface area contributed by atoms with Gasteiger partial charge >= 0.3 is 0 Å². The van der Waals surface area contributed by atoms with Gasteiger partial charge in [0.05, 0.1) is 192 Å². The fourth-order valence-electron chi connectivity index (χ4n) is 3.11. The lowest BCUT2D eigenvalue weighted by atomic mass is 10.6. The minimum atomic E-state index is -0.762. The van der Waals surface area contributed by atoms with E-state index in [2.05, 4.69) is 12.6 Å². The Kier molecular flexibility index (Phi) is 43.5. The summed E-state index contributed by atoms with van der Waals surface area (Å²) in [6, 6.07) is 0. The van der Waals surface area contributed by atoms with Gasteiger partial charge in [0.1, 0.15) is 5.44 Å². The first-order valence-corrected chi connectivity index (χ1v) is 16.8. The van der Waals surface area contributed by atoms with E-state index in [0.29, 0.717) is 178 Å². The number of ether oxygens (including phenoxy) is 14.